The summed E-state index contributed by atoms with van der Waals surface area (Å²) in [6.07, 6.45) is 0.634. The van der Waals surface area contributed by atoms with Crippen LogP contribution in [0.25, 0.3) is 0 Å². The zero-order valence-electron chi connectivity index (χ0n) is 9.08. The van der Waals surface area contributed by atoms with Crippen molar-refractivity contribution in [2.45, 2.75) is 24.3 Å². The molecule has 0 spiro atoms. The van der Waals surface area contributed by atoms with Crippen LogP contribution in [0.4, 0.5) is 8.78 Å². The van der Waals surface area contributed by atoms with E-state index in [1.165, 1.54) is 12.1 Å². The molecule has 0 aliphatic heterocycles. The first-order valence-electron chi connectivity index (χ1n) is 5.05. The molecule has 0 bridgehead atoms. The molecule has 0 aliphatic rings. The third-order valence-electron chi connectivity index (χ3n) is 2.33. The second-order valence-corrected chi connectivity index (χ2v) is 5.50. The Morgan fingerprint density at radius 1 is 1.44 bits per heavy atom. The standard InChI is InChI=1S/C11H15F2NOS/c1-8(4-5-14)16(15)7-9-2-3-10(12)6-11(9)13/h2-3,6,8H,4-5,7,14H2,1H3. The van der Waals surface area contributed by atoms with Crippen molar-refractivity contribution in [3.8, 4) is 0 Å². The highest BCUT2D eigenvalue weighted by Gasteiger charge is 2.13. The first-order chi connectivity index (χ1) is 7.54. The van der Waals surface area contributed by atoms with Gasteiger partial charge in [0.25, 0.3) is 0 Å². The summed E-state index contributed by atoms with van der Waals surface area (Å²) in [4.78, 5) is 0. The molecule has 0 heterocycles. The lowest BCUT2D eigenvalue weighted by molar-refractivity contribution is 0.575. The first kappa shape index (κ1) is 13.3. The van der Waals surface area contributed by atoms with Crippen LogP contribution in [0.5, 0.6) is 0 Å². The van der Waals surface area contributed by atoms with Crippen LogP contribution < -0.4 is 5.73 Å². The van der Waals surface area contributed by atoms with Gasteiger partial charge in [0.15, 0.2) is 0 Å². The maximum atomic E-state index is 13.3. The summed E-state index contributed by atoms with van der Waals surface area (Å²) in [5.41, 5.74) is 5.63. The third-order valence-corrected chi connectivity index (χ3v) is 4.06. The smallest absolute Gasteiger partial charge is 0.130 e. The molecule has 0 amide bonds. The lowest BCUT2D eigenvalue weighted by atomic mass is 10.2. The SMILES string of the molecule is CC(CCN)S(=O)Cc1ccc(F)cc1F. The van der Waals surface area contributed by atoms with Gasteiger partial charge in [-0.3, -0.25) is 4.21 Å². The van der Waals surface area contributed by atoms with Gasteiger partial charge < -0.3 is 5.73 Å². The average molecular weight is 247 g/mol. The van der Waals surface area contributed by atoms with Crippen LogP contribution in [0, 0.1) is 11.6 Å². The molecule has 0 saturated carbocycles. The third kappa shape index (κ3) is 3.64. The van der Waals surface area contributed by atoms with Crippen molar-refractivity contribution in [2.24, 2.45) is 5.73 Å². The quantitative estimate of drug-likeness (QED) is 0.864. The fraction of sp³-hybridized carbons (Fsp3) is 0.455. The molecule has 2 N–H and O–H groups in total. The van der Waals surface area contributed by atoms with Crippen molar-refractivity contribution in [3.05, 3.63) is 35.4 Å². The molecule has 0 fully saturated rings. The highest BCUT2D eigenvalue weighted by Crippen LogP contribution is 2.14. The highest BCUT2D eigenvalue weighted by molar-refractivity contribution is 7.84. The number of benzene rings is 1. The van der Waals surface area contributed by atoms with Crippen molar-refractivity contribution in [3.63, 3.8) is 0 Å². The molecule has 2 atom stereocenters. The van der Waals surface area contributed by atoms with Crippen molar-refractivity contribution >= 4 is 10.8 Å². The molecule has 0 saturated heterocycles. The van der Waals surface area contributed by atoms with E-state index in [1.807, 2.05) is 6.92 Å². The number of nitrogens with two attached hydrogens (primary N) is 1. The van der Waals surface area contributed by atoms with Gasteiger partial charge in [0, 0.05) is 27.7 Å². The molecule has 2 unspecified atom stereocenters. The summed E-state index contributed by atoms with van der Waals surface area (Å²) in [7, 11) is -1.17. The van der Waals surface area contributed by atoms with Crippen molar-refractivity contribution in [1.29, 1.82) is 0 Å². The summed E-state index contributed by atoms with van der Waals surface area (Å²) in [5.74, 6) is -1.16. The van der Waals surface area contributed by atoms with E-state index in [-0.39, 0.29) is 16.6 Å². The van der Waals surface area contributed by atoms with E-state index in [0.29, 0.717) is 13.0 Å². The van der Waals surface area contributed by atoms with E-state index in [9.17, 15) is 13.0 Å². The molecule has 1 aromatic carbocycles. The van der Waals surface area contributed by atoms with E-state index >= 15 is 0 Å². The zero-order valence-corrected chi connectivity index (χ0v) is 9.90. The minimum absolute atomic E-state index is 0.0746. The molecule has 1 aromatic rings. The molecule has 90 valence electrons. The van der Waals surface area contributed by atoms with E-state index in [1.54, 1.807) is 0 Å². The maximum Gasteiger partial charge on any atom is 0.130 e. The summed E-state index contributed by atoms with van der Waals surface area (Å²) >= 11 is 0. The van der Waals surface area contributed by atoms with Crippen LogP contribution in [-0.4, -0.2) is 16.0 Å². The van der Waals surface area contributed by atoms with Gasteiger partial charge in [0.2, 0.25) is 0 Å². The van der Waals surface area contributed by atoms with Gasteiger partial charge in [-0.25, -0.2) is 8.78 Å². The Hall–Kier alpha value is -0.810. The molecular formula is C11H15F2NOS. The van der Waals surface area contributed by atoms with Crippen LogP contribution in [0.2, 0.25) is 0 Å². The second-order valence-electron chi connectivity index (χ2n) is 3.65. The molecule has 5 heteroatoms. The largest absolute Gasteiger partial charge is 0.330 e. The molecule has 0 radical (unpaired) electrons. The molecule has 16 heavy (non-hydrogen) atoms. The van der Waals surface area contributed by atoms with Crippen molar-refractivity contribution < 1.29 is 13.0 Å². The fourth-order valence-corrected chi connectivity index (χ4v) is 2.52. The van der Waals surface area contributed by atoms with Crippen LogP contribution in [-0.2, 0) is 16.6 Å². The van der Waals surface area contributed by atoms with Gasteiger partial charge in [-0.2, -0.15) is 0 Å². The number of hydrogen-bond donors (Lipinski definition) is 1. The van der Waals surface area contributed by atoms with Gasteiger partial charge in [0.05, 0.1) is 5.75 Å². The van der Waals surface area contributed by atoms with Crippen LogP contribution in [0.3, 0.4) is 0 Å². The van der Waals surface area contributed by atoms with E-state index < -0.39 is 22.4 Å². The Morgan fingerprint density at radius 2 is 2.12 bits per heavy atom. The average Bonchev–Trinajstić information content (AvgIpc) is 2.22. The Kier molecular flexibility index (Phi) is 5.02. The Labute approximate surface area is 96.3 Å². The van der Waals surface area contributed by atoms with E-state index in [0.717, 1.165) is 6.07 Å². The lowest BCUT2D eigenvalue weighted by Crippen LogP contribution is -2.17. The summed E-state index contributed by atoms with van der Waals surface area (Å²) in [6, 6.07) is 3.31. The topological polar surface area (TPSA) is 43.1 Å². The maximum absolute atomic E-state index is 13.3. The lowest BCUT2D eigenvalue weighted by Gasteiger charge is -2.10. The Balaban J connectivity index is 2.69. The predicted octanol–water partition coefficient (Wildman–Crippen LogP) is 1.95. The van der Waals surface area contributed by atoms with E-state index in [2.05, 4.69) is 0 Å². The van der Waals surface area contributed by atoms with Crippen molar-refractivity contribution in [1.82, 2.24) is 0 Å². The molecule has 0 aromatic heterocycles. The Morgan fingerprint density at radius 3 is 2.69 bits per heavy atom. The minimum Gasteiger partial charge on any atom is -0.330 e. The molecule has 1 rings (SSSR count). The zero-order chi connectivity index (χ0) is 12.1. The minimum atomic E-state index is -1.17. The van der Waals surface area contributed by atoms with Crippen LogP contribution >= 0.6 is 0 Å². The predicted molar refractivity (Wildman–Crippen MR) is 61.3 cm³/mol. The van der Waals surface area contributed by atoms with E-state index in [4.69, 9.17) is 5.73 Å². The molecular weight excluding hydrogens is 232 g/mol. The van der Waals surface area contributed by atoms with Gasteiger partial charge in [-0.15, -0.1) is 0 Å². The number of hydrogen-bond acceptors (Lipinski definition) is 2. The number of halogens is 2. The van der Waals surface area contributed by atoms with Gasteiger partial charge in [-0.1, -0.05) is 13.0 Å². The molecule has 2 nitrogen and oxygen atoms in total. The van der Waals surface area contributed by atoms with Gasteiger partial charge >= 0.3 is 0 Å². The normalized spacial score (nSPS) is 14.8. The molecule has 0 aliphatic carbocycles. The Bertz CT molecular complexity index is 384. The van der Waals surface area contributed by atoms with Crippen molar-refractivity contribution in [2.75, 3.05) is 6.54 Å². The second kappa shape index (κ2) is 6.06. The first-order valence-corrected chi connectivity index (χ1v) is 6.44. The number of rotatable bonds is 5. The van der Waals surface area contributed by atoms with Crippen LogP contribution in [0.1, 0.15) is 18.9 Å². The summed E-state index contributed by atoms with van der Waals surface area (Å²) in [6.45, 7) is 2.27. The van der Waals surface area contributed by atoms with Crippen LogP contribution in [0.15, 0.2) is 18.2 Å². The summed E-state index contributed by atoms with van der Waals surface area (Å²) in [5, 5.41) is -0.0746. The summed E-state index contributed by atoms with van der Waals surface area (Å²) < 4.78 is 37.6. The van der Waals surface area contributed by atoms with Gasteiger partial charge in [0.1, 0.15) is 11.6 Å². The van der Waals surface area contributed by atoms with Gasteiger partial charge in [-0.05, 0) is 19.0 Å². The fourth-order valence-electron chi connectivity index (χ4n) is 1.30. The monoisotopic (exact) mass is 247 g/mol. The highest BCUT2D eigenvalue weighted by atomic mass is 32.2.